The van der Waals surface area contributed by atoms with Crippen molar-refractivity contribution in [2.24, 2.45) is 0 Å². The Morgan fingerprint density at radius 2 is 2.10 bits per heavy atom. The topological polar surface area (TPSA) is 36.5 Å². The molecule has 116 valence electrons. The van der Waals surface area contributed by atoms with Gasteiger partial charge in [0.1, 0.15) is 5.50 Å². The van der Waals surface area contributed by atoms with E-state index in [1.54, 1.807) is 0 Å². The van der Waals surface area contributed by atoms with E-state index in [-0.39, 0.29) is 11.5 Å². The molecule has 2 saturated heterocycles. The highest BCUT2D eigenvalue weighted by molar-refractivity contribution is 7.80. The molecule has 0 aliphatic carbocycles. The average molecular weight is 328 g/mol. The van der Waals surface area contributed by atoms with E-state index in [0.29, 0.717) is 12.5 Å². The highest BCUT2D eigenvalue weighted by Gasteiger charge is 2.25. The molecule has 0 aromatic heterocycles. The first-order valence-electron chi connectivity index (χ1n) is 7.36. The van der Waals surface area contributed by atoms with Crippen LogP contribution in [0, 0.1) is 0 Å². The van der Waals surface area contributed by atoms with Gasteiger partial charge in [-0.05, 0) is 30.3 Å². The minimum atomic E-state index is 0.133. The van der Waals surface area contributed by atoms with Crippen LogP contribution in [0.25, 0.3) is 0 Å². The molecule has 21 heavy (non-hydrogen) atoms. The first kappa shape index (κ1) is 15.6. The molecule has 4 nitrogen and oxygen atoms in total. The number of halogens is 1. The van der Waals surface area contributed by atoms with E-state index < -0.39 is 0 Å². The lowest BCUT2D eigenvalue weighted by Gasteiger charge is -2.36. The molecule has 2 aliphatic heterocycles. The first-order chi connectivity index (χ1) is 10.1. The molecule has 2 aliphatic rings. The molecule has 6 heteroatoms. The van der Waals surface area contributed by atoms with Gasteiger partial charge < -0.3 is 10.1 Å². The van der Waals surface area contributed by atoms with Crippen LogP contribution in [0.4, 0.5) is 0 Å². The normalized spacial score (nSPS) is 31.3. The van der Waals surface area contributed by atoms with Crippen molar-refractivity contribution in [3.8, 4) is 0 Å². The van der Waals surface area contributed by atoms with E-state index in [1.165, 1.54) is 11.1 Å². The third kappa shape index (κ3) is 3.73. The van der Waals surface area contributed by atoms with Gasteiger partial charge >= 0.3 is 0 Å². The minimum absolute atomic E-state index is 0.133. The number of hydrogen-bond donors (Lipinski definition) is 3. The van der Waals surface area contributed by atoms with Gasteiger partial charge in [-0.2, -0.15) is 0 Å². The molecule has 0 unspecified atom stereocenters. The van der Waals surface area contributed by atoms with Crippen LogP contribution in [0.15, 0.2) is 18.2 Å². The zero-order chi connectivity index (χ0) is 14.8. The summed E-state index contributed by atoms with van der Waals surface area (Å²) in [5, 5.41) is 7.69. The monoisotopic (exact) mass is 327 g/mol. The lowest BCUT2D eigenvalue weighted by Crippen LogP contribution is -2.49. The molecule has 2 N–H and O–H groups in total. The van der Waals surface area contributed by atoms with Crippen LogP contribution < -0.4 is 10.6 Å². The fourth-order valence-electron chi connectivity index (χ4n) is 2.99. The first-order valence-corrected chi connectivity index (χ1v) is 8.26. The number of hydrogen-bond acceptors (Lipinski definition) is 5. The Morgan fingerprint density at radius 3 is 2.81 bits per heavy atom. The lowest BCUT2D eigenvalue weighted by atomic mass is 9.93. The minimum Gasteiger partial charge on any atom is -0.378 e. The Bertz CT molecular complexity index is 496. The highest BCUT2D eigenvalue weighted by Crippen LogP contribution is 2.28. The van der Waals surface area contributed by atoms with Gasteiger partial charge in [0.15, 0.2) is 0 Å². The highest BCUT2D eigenvalue weighted by atomic mass is 35.5. The van der Waals surface area contributed by atoms with Crippen LogP contribution in [0.5, 0.6) is 0 Å². The van der Waals surface area contributed by atoms with Crippen molar-refractivity contribution in [2.75, 3.05) is 39.9 Å². The van der Waals surface area contributed by atoms with Crippen LogP contribution in [0.1, 0.15) is 23.1 Å². The van der Waals surface area contributed by atoms with Gasteiger partial charge in [-0.1, -0.05) is 17.7 Å². The summed E-state index contributed by atoms with van der Waals surface area (Å²) in [7, 11) is 2.08. The summed E-state index contributed by atoms with van der Waals surface area (Å²) in [5.74, 6) is 0.431. The van der Waals surface area contributed by atoms with Crippen molar-refractivity contribution in [3.05, 3.63) is 34.3 Å². The Hall–Kier alpha value is -0.300. The molecule has 1 aromatic rings. The van der Waals surface area contributed by atoms with E-state index in [0.717, 1.165) is 31.3 Å². The number of nitrogens with zero attached hydrogens (tertiary/aromatic N) is 1. The Balaban J connectivity index is 1.80. The largest absolute Gasteiger partial charge is 0.378 e. The number of ether oxygens (including phenoxy) is 1. The van der Waals surface area contributed by atoms with Gasteiger partial charge in [-0.3, -0.25) is 10.2 Å². The van der Waals surface area contributed by atoms with Crippen molar-refractivity contribution >= 4 is 24.2 Å². The third-order valence-electron chi connectivity index (χ3n) is 4.21. The summed E-state index contributed by atoms with van der Waals surface area (Å²) in [5.41, 5.74) is 2.63. The van der Waals surface area contributed by atoms with Crippen molar-refractivity contribution in [2.45, 2.75) is 17.5 Å². The quantitative estimate of drug-likeness (QED) is 0.724. The van der Waals surface area contributed by atoms with E-state index in [2.05, 4.69) is 47.3 Å². The van der Waals surface area contributed by atoms with E-state index in [9.17, 15) is 0 Å². The molecule has 0 spiro atoms. The number of morpholine rings is 1. The lowest BCUT2D eigenvalue weighted by molar-refractivity contribution is 0.0768. The zero-order valence-corrected chi connectivity index (χ0v) is 13.8. The van der Waals surface area contributed by atoms with Crippen LogP contribution in [-0.2, 0) is 4.74 Å². The number of nitrogens with one attached hydrogen (secondary N) is 2. The number of benzene rings is 1. The second-order valence-corrected chi connectivity index (χ2v) is 6.74. The van der Waals surface area contributed by atoms with Crippen molar-refractivity contribution in [1.82, 2.24) is 15.5 Å². The summed E-state index contributed by atoms with van der Waals surface area (Å²) in [6, 6.07) is 6.62. The number of rotatable bonds is 2. The average Bonchev–Trinajstić information content (AvgIpc) is 2.50. The van der Waals surface area contributed by atoms with E-state index in [1.807, 2.05) is 6.07 Å². The van der Waals surface area contributed by atoms with Gasteiger partial charge in [-0.15, -0.1) is 12.6 Å². The number of thiol groups is 1. The summed E-state index contributed by atoms with van der Waals surface area (Å²) in [6.07, 6.45) is 0. The van der Waals surface area contributed by atoms with Gasteiger partial charge in [0, 0.05) is 30.6 Å². The zero-order valence-electron chi connectivity index (χ0n) is 12.2. The van der Waals surface area contributed by atoms with Crippen LogP contribution >= 0.6 is 24.2 Å². The maximum Gasteiger partial charge on any atom is 0.105 e. The van der Waals surface area contributed by atoms with Crippen molar-refractivity contribution in [1.29, 1.82) is 0 Å². The van der Waals surface area contributed by atoms with Crippen LogP contribution in [-0.4, -0.2) is 50.3 Å². The molecule has 0 bridgehead atoms. The third-order valence-corrected chi connectivity index (χ3v) is 5.01. The number of likely N-dealkylation sites (N-methyl/N-ethyl adjacent to an activating group) is 1. The van der Waals surface area contributed by atoms with Crippen LogP contribution in [0.3, 0.4) is 0 Å². The Kier molecular flexibility index (Phi) is 5.09. The Morgan fingerprint density at radius 1 is 1.29 bits per heavy atom. The molecule has 2 heterocycles. The van der Waals surface area contributed by atoms with E-state index >= 15 is 0 Å². The van der Waals surface area contributed by atoms with Gasteiger partial charge in [0.05, 0.1) is 19.3 Å². The molecule has 0 amide bonds. The van der Waals surface area contributed by atoms with E-state index in [4.69, 9.17) is 16.3 Å². The molecular formula is C15H22ClN3OS. The predicted molar refractivity (Wildman–Crippen MR) is 89.2 cm³/mol. The summed E-state index contributed by atoms with van der Waals surface area (Å²) >= 11 is 10.8. The fourth-order valence-corrected chi connectivity index (χ4v) is 3.44. The SMILES string of the molecule is CN1C[C@H](c2cc(Cl)cc([C@@H]3COCCN3)c2)CN[C@H]1S. The molecule has 1 aromatic carbocycles. The second-order valence-electron chi connectivity index (χ2n) is 5.82. The molecular weight excluding hydrogens is 306 g/mol. The molecule has 0 radical (unpaired) electrons. The maximum atomic E-state index is 6.34. The molecule has 2 fully saturated rings. The summed E-state index contributed by atoms with van der Waals surface area (Å²) in [4.78, 5) is 2.21. The standard InChI is InChI=1S/C15H22ClN3OS/c1-19-8-12(7-18-15(19)21)10-4-11(6-13(16)5-10)14-9-20-3-2-17-14/h4-6,12,14-15,17-18,21H,2-3,7-9H2,1H3/t12-,14+,15-/m1/s1. The van der Waals surface area contributed by atoms with Crippen molar-refractivity contribution < 1.29 is 4.74 Å². The molecule has 0 saturated carbocycles. The smallest absolute Gasteiger partial charge is 0.105 e. The summed E-state index contributed by atoms with van der Waals surface area (Å²) < 4.78 is 5.56. The van der Waals surface area contributed by atoms with Crippen molar-refractivity contribution in [3.63, 3.8) is 0 Å². The van der Waals surface area contributed by atoms with Gasteiger partial charge in [0.25, 0.3) is 0 Å². The predicted octanol–water partition coefficient (Wildman–Crippen LogP) is 1.83. The fraction of sp³-hybridized carbons (Fsp3) is 0.600. The maximum absolute atomic E-state index is 6.34. The Labute approximate surface area is 136 Å². The molecule has 3 atom stereocenters. The summed E-state index contributed by atoms with van der Waals surface area (Å²) in [6.45, 7) is 4.29. The van der Waals surface area contributed by atoms with Gasteiger partial charge in [-0.25, -0.2) is 0 Å². The second kappa shape index (κ2) is 6.86. The van der Waals surface area contributed by atoms with Gasteiger partial charge in [0.2, 0.25) is 0 Å². The molecule has 3 rings (SSSR count). The van der Waals surface area contributed by atoms with Crippen LogP contribution in [0.2, 0.25) is 5.02 Å².